The van der Waals surface area contributed by atoms with Gasteiger partial charge in [0, 0.05) is 12.7 Å². The Morgan fingerprint density at radius 2 is 1.80 bits per heavy atom. The van der Waals surface area contributed by atoms with Crippen LogP contribution in [0, 0.1) is 13.8 Å². The first-order chi connectivity index (χ1) is 14.4. The van der Waals surface area contributed by atoms with Gasteiger partial charge >= 0.3 is 0 Å². The van der Waals surface area contributed by atoms with Crippen molar-refractivity contribution in [3.05, 3.63) is 65.0 Å². The van der Waals surface area contributed by atoms with E-state index in [0.29, 0.717) is 11.0 Å². The highest BCUT2D eigenvalue weighted by molar-refractivity contribution is 7.99. The molecule has 0 aliphatic rings. The molecule has 6 nitrogen and oxygen atoms in total. The molecule has 0 fully saturated rings. The fraction of sp³-hybridized carbons (Fsp3) is 0.348. The molecule has 1 heterocycles. The Morgan fingerprint density at radius 3 is 2.43 bits per heavy atom. The third kappa shape index (κ3) is 5.21. The molecule has 30 heavy (non-hydrogen) atoms. The summed E-state index contributed by atoms with van der Waals surface area (Å²) in [5.74, 6) is 1.70. The first-order valence-electron chi connectivity index (χ1n) is 10.0. The molecule has 0 aliphatic carbocycles. The van der Waals surface area contributed by atoms with Crippen LogP contribution < -0.4 is 10.1 Å². The number of anilines is 1. The highest BCUT2D eigenvalue weighted by atomic mass is 32.2. The van der Waals surface area contributed by atoms with Crippen LogP contribution >= 0.6 is 11.8 Å². The Morgan fingerprint density at radius 1 is 1.13 bits per heavy atom. The van der Waals surface area contributed by atoms with Gasteiger partial charge in [0.15, 0.2) is 17.1 Å². The van der Waals surface area contributed by atoms with Crippen molar-refractivity contribution in [1.82, 2.24) is 14.8 Å². The second-order valence-corrected chi connectivity index (χ2v) is 8.20. The second kappa shape index (κ2) is 9.80. The predicted octanol–water partition coefficient (Wildman–Crippen LogP) is 4.87. The number of aromatic nitrogens is 3. The van der Waals surface area contributed by atoms with Crippen LogP contribution in [0.3, 0.4) is 0 Å². The van der Waals surface area contributed by atoms with E-state index in [2.05, 4.69) is 34.6 Å². The zero-order valence-electron chi connectivity index (χ0n) is 18.1. The van der Waals surface area contributed by atoms with Gasteiger partial charge in [0.05, 0.1) is 5.75 Å². The molecule has 0 aliphatic heterocycles. The number of carbonyl (C=O) groups excluding carboxylic acids is 1. The zero-order valence-corrected chi connectivity index (χ0v) is 18.9. The van der Waals surface area contributed by atoms with Crippen LogP contribution in [-0.4, -0.2) is 26.4 Å². The van der Waals surface area contributed by atoms with E-state index in [1.165, 1.54) is 17.3 Å². The van der Waals surface area contributed by atoms with Gasteiger partial charge in [-0.25, -0.2) is 0 Å². The lowest BCUT2D eigenvalue weighted by Gasteiger charge is -2.14. The average molecular weight is 425 g/mol. The fourth-order valence-electron chi connectivity index (χ4n) is 3.18. The molecule has 158 valence electrons. The van der Waals surface area contributed by atoms with Crippen LogP contribution in [0.15, 0.2) is 47.6 Å². The van der Waals surface area contributed by atoms with Crippen molar-refractivity contribution in [3.8, 4) is 5.75 Å². The molecule has 0 spiro atoms. The summed E-state index contributed by atoms with van der Waals surface area (Å²) in [5, 5.41) is 12.2. The molecular weight excluding hydrogens is 396 g/mol. The maximum absolute atomic E-state index is 12.4. The monoisotopic (exact) mass is 424 g/mol. The van der Waals surface area contributed by atoms with Gasteiger partial charge in [-0.05, 0) is 56.0 Å². The molecule has 1 amide bonds. The number of hydrogen-bond acceptors (Lipinski definition) is 5. The van der Waals surface area contributed by atoms with Crippen molar-refractivity contribution in [1.29, 1.82) is 0 Å². The Hall–Kier alpha value is -2.80. The van der Waals surface area contributed by atoms with Gasteiger partial charge in [-0.3, -0.25) is 4.79 Å². The van der Waals surface area contributed by atoms with Crippen LogP contribution in [0.25, 0.3) is 0 Å². The van der Waals surface area contributed by atoms with Gasteiger partial charge in [-0.15, -0.1) is 10.2 Å². The molecular formula is C23H28N4O2S. The molecule has 1 N–H and O–H groups in total. The number of nitrogens with zero attached hydrogens (tertiary/aromatic N) is 3. The Bertz CT molecular complexity index is 994. The molecule has 7 heteroatoms. The molecule has 0 saturated heterocycles. The molecule has 1 atom stereocenters. The summed E-state index contributed by atoms with van der Waals surface area (Å²) in [6, 6.07) is 14.0. The highest BCUT2D eigenvalue weighted by Gasteiger charge is 2.18. The molecule has 3 rings (SSSR count). The maximum Gasteiger partial charge on any atom is 0.234 e. The summed E-state index contributed by atoms with van der Waals surface area (Å²) in [6.07, 6.45) is 0.740. The summed E-state index contributed by atoms with van der Waals surface area (Å²) in [7, 11) is 1.89. The van der Waals surface area contributed by atoms with Crippen molar-refractivity contribution in [3.63, 3.8) is 0 Å². The number of thioether (sulfide) groups is 1. The number of carbonyl (C=O) groups is 1. The topological polar surface area (TPSA) is 69.0 Å². The molecule has 0 unspecified atom stereocenters. The number of amides is 1. The van der Waals surface area contributed by atoms with E-state index in [1.54, 1.807) is 0 Å². The van der Waals surface area contributed by atoms with Gasteiger partial charge in [0.2, 0.25) is 5.91 Å². The van der Waals surface area contributed by atoms with Crippen molar-refractivity contribution in [2.45, 2.75) is 45.4 Å². The van der Waals surface area contributed by atoms with Gasteiger partial charge in [0.1, 0.15) is 5.75 Å². The summed E-state index contributed by atoms with van der Waals surface area (Å²) < 4.78 is 7.89. The summed E-state index contributed by atoms with van der Waals surface area (Å²) in [4.78, 5) is 12.4. The van der Waals surface area contributed by atoms with Crippen molar-refractivity contribution in [2.75, 3.05) is 11.1 Å². The number of ether oxygens (including phenoxy) is 1. The number of rotatable bonds is 8. The largest absolute Gasteiger partial charge is 0.483 e. The number of benzene rings is 2. The SMILES string of the molecule is CCc1ccc(O[C@H](C)c2nnc(SCC(=O)Nc3c(C)cccc3C)n2C)cc1. The molecule has 0 saturated carbocycles. The number of hydrogen-bond donors (Lipinski definition) is 1. The first-order valence-corrected chi connectivity index (χ1v) is 11.0. The van der Waals surface area contributed by atoms with E-state index in [0.717, 1.165) is 29.0 Å². The van der Waals surface area contributed by atoms with Gasteiger partial charge in [-0.2, -0.15) is 0 Å². The van der Waals surface area contributed by atoms with Crippen molar-refractivity contribution < 1.29 is 9.53 Å². The molecule has 3 aromatic rings. The molecule has 2 aromatic carbocycles. The first kappa shape index (κ1) is 21.9. The Labute approximate surface area is 182 Å². The lowest BCUT2D eigenvalue weighted by atomic mass is 10.1. The maximum atomic E-state index is 12.4. The highest BCUT2D eigenvalue weighted by Crippen LogP contribution is 2.25. The molecule has 0 radical (unpaired) electrons. The van der Waals surface area contributed by atoms with E-state index in [4.69, 9.17) is 4.74 Å². The number of para-hydroxylation sites is 1. The minimum absolute atomic E-state index is 0.0673. The summed E-state index contributed by atoms with van der Waals surface area (Å²) >= 11 is 1.36. The standard InChI is InChI=1S/C23H28N4O2S/c1-6-18-10-12-19(13-11-18)29-17(4)22-25-26-23(27(22)5)30-14-20(28)24-21-15(2)8-7-9-16(21)3/h7-13,17H,6,14H2,1-5H3,(H,24,28)/t17-/m1/s1. The van der Waals surface area contributed by atoms with Crippen LogP contribution in [0.5, 0.6) is 5.75 Å². The van der Waals surface area contributed by atoms with Crippen LogP contribution in [0.4, 0.5) is 5.69 Å². The van der Waals surface area contributed by atoms with E-state index in [-0.39, 0.29) is 17.8 Å². The van der Waals surface area contributed by atoms with Gasteiger partial charge < -0.3 is 14.6 Å². The normalized spacial score (nSPS) is 11.9. The van der Waals surface area contributed by atoms with E-state index in [9.17, 15) is 4.79 Å². The molecule has 1 aromatic heterocycles. The third-order valence-electron chi connectivity index (χ3n) is 4.95. The molecule has 0 bridgehead atoms. The van der Waals surface area contributed by atoms with E-state index >= 15 is 0 Å². The summed E-state index contributed by atoms with van der Waals surface area (Å²) in [5.41, 5.74) is 4.24. The Kier molecular flexibility index (Phi) is 7.15. The van der Waals surface area contributed by atoms with Crippen LogP contribution in [0.1, 0.15) is 42.5 Å². The van der Waals surface area contributed by atoms with Crippen LogP contribution in [0.2, 0.25) is 0 Å². The minimum atomic E-state index is -0.257. The zero-order chi connectivity index (χ0) is 21.7. The third-order valence-corrected chi connectivity index (χ3v) is 5.97. The number of aryl methyl sites for hydroxylation is 3. The summed E-state index contributed by atoms with van der Waals surface area (Å²) in [6.45, 7) is 8.04. The number of nitrogens with one attached hydrogen (secondary N) is 1. The Balaban J connectivity index is 1.59. The van der Waals surface area contributed by atoms with Gasteiger partial charge in [-0.1, -0.05) is 49.0 Å². The second-order valence-electron chi connectivity index (χ2n) is 7.26. The lowest BCUT2D eigenvalue weighted by molar-refractivity contribution is -0.113. The fourth-order valence-corrected chi connectivity index (χ4v) is 3.90. The van der Waals surface area contributed by atoms with Gasteiger partial charge in [0.25, 0.3) is 0 Å². The minimum Gasteiger partial charge on any atom is -0.483 e. The average Bonchev–Trinajstić information content (AvgIpc) is 3.10. The van der Waals surface area contributed by atoms with E-state index in [1.807, 2.05) is 62.7 Å². The predicted molar refractivity (Wildman–Crippen MR) is 121 cm³/mol. The van der Waals surface area contributed by atoms with E-state index < -0.39 is 0 Å². The van der Waals surface area contributed by atoms with Crippen LogP contribution in [-0.2, 0) is 18.3 Å². The lowest BCUT2D eigenvalue weighted by Crippen LogP contribution is -2.16. The quantitative estimate of drug-likeness (QED) is 0.523. The van der Waals surface area contributed by atoms with Crippen molar-refractivity contribution in [2.24, 2.45) is 7.05 Å². The smallest absolute Gasteiger partial charge is 0.234 e. The van der Waals surface area contributed by atoms with Crippen molar-refractivity contribution >= 4 is 23.4 Å².